The lowest BCUT2D eigenvalue weighted by Gasteiger charge is -2.10. The number of halogens is 1. The lowest BCUT2D eigenvalue weighted by Crippen LogP contribution is -2.14. The summed E-state index contributed by atoms with van der Waals surface area (Å²) in [5, 5.41) is 3.97. The van der Waals surface area contributed by atoms with E-state index in [9.17, 15) is 4.79 Å². The van der Waals surface area contributed by atoms with Crippen LogP contribution >= 0.6 is 11.6 Å². The van der Waals surface area contributed by atoms with Crippen molar-refractivity contribution in [1.82, 2.24) is 20.3 Å². The summed E-state index contributed by atoms with van der Waals surface area (Å²) in [7, 11) is 0. The van der Waals surface area contributed by atoms with Gasteiger partial charge in [0, 0.05) is 17.1 Å². The van der Waals surface area contributed by atoms with Gasteiger partial charge in [-0.2, -0.15) is 0 Å². The number of nitrogens with zero attached hydrogens (tertiary/aromatic N) is 1. The predicted octanol–water partition coefficient (Wildman–Crippen LogP) is 2.75. The maximum atomic E-state index is 12.8. The second-order valence-electron chi connectivity index (χ2n) is 5.73. The van der Waals surface area contributed by atoms with Gasteiger partial charge in [-0.05, 0) is 19.5 Å². The summed E-state index contributed by atoms with van der Waals surface area (Å²) in [6.45, 7) is 5.51. The van der Waals surface area contributed by atoms with Gasteiger partial charge in [0.15, 0.2) is 0 Å². The molecule has 0 atom stereocenters. The van der Waals surface area contributed by atoms with E-state index in [1.165, 1.54) is 0 Å². The van der Waals surface area contributed by atoms with E-state index in [1.807, 2.05) is 13.8 Å². The summed E-state index contributed by atoms with van der Waals surface area (Å²) in [4.78, 5) is 22.9. The molecule has 0 radical (unpaired) electrons. The number of aromatic nitrogens is 3. The number of hydrogen-bond donors (Lipinski definition) is 3. The predicted molar refractivity (Wildman–Crippen MR) is 103 cm³/mol. The molecule has 26 heavy (non-hydrogen) atoms. The maximum Gasteiger partial charge on any atom is 0.205 e. The van der Waals surface area contributed by atoms with E-state index in [0.29, 0.717) is 46.1 Å². The van der Waals surface area contributed by atoms with E-state index in [-0.39, 0.29) is 5.43 Å². The average molecular weight is 371 g/mol. The molecule has 0 unspecified atom stereocenters. The van der Waals surface area contributed by atoms with Crippen LogP contribution in [0.4, 0.5) is 0 Å². The molecule has 1 aromatic carbocycles. The summed E-state index contributed by atoms with van der Waals surface area (Å²) in [6.07, 6.45) is 3.26. The number of hydrogen-bond acceptors (Lipinski definition) is 4. The van der Waals surface area contributed by atoms with Crippen molar-refractivity contribution < 1.29 is 4.74 Å². The molecule has 0 saturated carbocycles. The Morgan fingerprint density at radius 2 is 2.23 bits per heavy atom. The second-order valence-corrected chi connectivity index (χ2v) is 6.14. The summed E-state index contributed by atoms with van der Waals surface area (Å²) < 4.78 is 5.73. The van der Waals surface area contributed by atoms with E-state index >= 15 is 0 Å². The third-order valence-corrected chi connectivity index (χ3v) is 4.15. The van der Waals surface area contributed by atoms with Crippen molar-refractivity contribution in [3.8, 4) is 17.6 Å². The van der Waals surface area contributed by atoms with Crippen molar-refractivity contribution in [2.45, 2.75) is 20.5 Å². The Kier molecular flexibility index (Phi) is 5.61. The number of pyridine rings is 1. The molecule has 6 nitrogen and oxygen atoms in total. The highest BCUT2D eigenvalue weighted by atomic mass is 35.5. The highest BCUT2D eigenvalue weighted by Gasteiger charge is 2.12. The zero-order valence-corrected chi connectivity index (χ0v) is 15.3. The van der Waals surface area contributed by atoms with Crippen LogP contribution in [0.25, 0.3) is 10.9 Å². The highest BCUT2D eigenvalue weighted by Crippen LogP contribution is 2.29. The molecule has 0 amide bonds. The molecule has 134 valence electrons. The van der Waals surface area contributed by atoms with E-state index in [4.69, 9.17) is 16.3 Å². The van der Waals surface area contributed by atoms with Crippen LogP contribution in [0, 0.1) is 18.8 Å². The van der Waals surface area contributed by atoms with Gasteiger partial charge in [-0.3, -0.25) is 4.79 Å². The topological polar surface area (TPSA) is 82.8 Å². The van der Waals surface area contributed by atoms with Gasteiger partial charge in [0.25, 0.3) is 0 Å². The van der Waals surface area contributed by atoms with Gasteiger partial charge in [0.1, 0.15) is 12.4 Å². The Morgan fingerprint density at radius 3 is 2.96 bits per heavy atom. The lowest BCUT2D eigenvalue weighted by atomic mass is 10.1. The number of rotatable bonds is 5. The molecule has 0 fully saturated rings. The van der Waals surface area contributed by atoms with Crippen molar-refractivity contribution in [3.05, 3.63) is 56.9 Å². The first-order chi connectivity index (χ1) is 12.6. The van der Waals surface area contributed by atoms with E-state index in [1.54, 1.807) is 24.7 Å². The Labute approximate surface area is 156 Å². The number of aryl methyl sites for hydroxylation is 1. The molecule has 2 heterocycles. The van der Waals surface area contributed by atoms with Crippen LogP contribution in [0.3, 0.4) is 0 Å². The zero-order chi connectivity index (χ0) is 18.5. The SMILES string of the molecule is CCNCC#Cc1c(C)[nH]c2cc(OCc3cnc[nH]3)c(Cl)cc2c1=O. The number of aromatic amines is 2. The van der Waals surface area contributed by atoms with Crippen molar-refractivity contribution in [2.75, 3.05) is 13.1 Å². The van der Waals surface area contributed by atoms with Crippen molar-refractivity contribution in [2.24, 2.45) is 0 Å². The van der Waals surface area contributed by atoms with E-state index in [0.717, 1.165) is 12.2 Å². The highest BCUT2D eigenvalue weighted by molar-refractivity contribution is 6.32. The molecule has 0 aliphatic carbocycles. The van der Waals surface area contributed by atoms with E-state index in [2.05, 4.69) is 32.1 Å². The number of imidazole rings is 1. The van der Waals surface area contributed by atoms with Crippen molar-refractivity contribution in [1.29, 1.82) is 0 Å². The average Bonchev–Trinajstić information content (AvgIpc) is 3.14. The summed E-state index contributed by atoms with van der Waals surface area (Å²) >= 11 is 6.30. The van der Waals surface area contributed by atoms with Gasteiger partial charge < -0.3 is 20.0 Å². The second kappa shape index (κ2) is 8.09. The molecule has 7 heteroatoms. The van der Waals surface area contributed by atoms with Crippen LogP contribution in [0.1, 0.15) is 23.9 Å². The Morgan fingerprint density at radius 1 is 1.38 bits per heavy atom. The third kappa shape index (κ3) is 3.90. The summed E-state index contributed by atoms with van der Waals surface area (Å²) in [6, 6.07) is 3.35. The lowest BCUT2D eigenvalue weighted by molar-refractivity contribution is 0.302. The molecule has 3 N–H and O–H groups in total. The first kappa shape index (κ1) is 18.1. The smallest absolute Gasteiger partial charge is 0.205 e. The number of ether oxygens (including phenoxy) is 1. The number of fused-ring (bicyclic) bond motifs is 1. The fraction of sp³-hybridized carbons (Fsp3) is 0.263. The molecule has 2 aromatic heterocycles. The van der Waals surface area contributed by atoms with Gasteiger partial charge >= 0.3 is 0 Å². The molecular weight excluding hydrogens is 352 g/mol. The Hall–Kier alpha value is -2.75. The van der Waals surface area contributed by atoms with Crippen LogP contribution < -0.4 is 15.5 Å². The fourth-order valence-corrected chi connectivity index (χ4v) is 2.73. The van der Waals surface area contributed by atoms with Gasteiger partial charge in [-0.1, -0.05) is 30.4 Å². The molecule has 3 aromatic rings. The molecule has 3 rings (SSSR count). The van der Waals surface area contributed by atoms with Crippen LogP contribution in [0.2, 0.25) is 5.02 Å². The van der Waals surface area contributed by atoms with E-state index < -0.39 is 0 Å². The minimum absolute atomic E-state index is 0.137. The number of H-pyrrole nitrogens is 2. The first-order valence-corrected chi connectivity index (χ1v) is 8.63. The normalized spacial score (nSPS) is 10.6. The summed E-state index contributed by atoms with van der Waals surface area (Å²) in [5.74, 6) is 6.40. The summed E-state index contributed by atoms with van der Waals surface area (Å²) in [5.41, 5.74) is 2.53. The maximum absolute atomic E-state index is 12.8. The van der Waals surface area contributed by atoms with Gasteiger partial charge in [-0.15, -0.1) is 0 Å². The minimum atomic E-state index is -0.137. The van der Waals surface area contributed by atoms with Crippen LogP contribution in [-0.2, 0) is 6.61 Å². The molecule has 0 saturated heterocycles. The third-order valence-electron chi connectivity index (χ3n) is 3.86. The van der Waals surface area contributed by atoms with Gasteiger partial charge in [0.2, 0.25) is 5.43 Å². The molecule has 0 aliphatic rings. The van der Waals surface area contributed by atoms with Gasteiger partial charge in [0.05, 0.1) is 40.9 Å². The molecule has 0 bridgehead atoms. The van der Waals surface area contributed by atoms with Gasteiger partial charge in [-0.25, -0.2) is 4.98 Å². The monoisotopic (exact) mass is 370 g/mol. The zero-order valence-electron chi connectivity index (χ0n) is 14.6. The largest absolute Gasteiger partial charge is 0.486 e. The van der Waals surface area contributed by atoms with Crippen LogP contribution in [-0.4, -0.2) is 28.0 Å². The Balaban J connectivity index is 1.95. The first-order valence-electron chi connectivity index (χ1n) is 8.26. The number of nitrogens with one attached hydrogen (secondary N) is 3. The standard InChI is InChI=1S/C19H19ClN4O2/c1-3-21-6-4-5-14-12(2)24-17-8-18(16(20)7-15(17)19(14)25)26-10-13-9-22-11-23-13/h7-9,11,21H,3,6,10H2,1-2H3,(H,22,23)(H,24,25). The molecule has 0 spiro atoms. The fourth-order valence-electron chi connectivity index (χ4n) is 2.51. The van der Waals surface area contributed by atoms with Crippen LogP contribution in [0.15, 0.2) is 29.5 Å². The molecule has 0 aliphatic heterocycles. The van der Waals surface area contributed by atoms with Crippen molar-refractivity contribution >= 4 is 22.5 Å². The minimum Gasteiger partial charge on any atom is -0.486 e. The quantitative estimate of drug-likeness (QED) is 0.476. The molecular formula is C19H19ClN4O2. The van der Waals surface area contributed by atoms with Crippen LogP contribution in [0.5, 0.6) is 5.75 Å². The number of benzene rings is 1. The van der Waals surface area contributed by atoms with Crippen molar-refractivity contribution in [3.63, 3.8) is 0 Å². The Bertz CT molecular complexity index is 1030.